The summed E-state index contributed by atoms with van der Waals surface area (Å²) in [4.78, 5) is 31.1. The number of ether oxygens (including phenoxy) is 1. The van der Waals surface area contributed by atoms with Crippen LogP contribution in [-0.4, -0.2) is 29.6 Å². The molecule has 0 bridgehead atoms. The van der Waals surface area contributed by atoms with Crippen LogP contribution in [0.4, 0.5) is 20.7 Å². The molecule has 0 saturated carbocycles. The SMILES string of the molecule is C[C@H](C(N)=O)C1CN(c2ccc(-c3ccc(N=[N+]=[N-])nc3)c(F)c2)C(=O)O1. The maximum absolute atomic E-state index is 14.6. The Balaban J connectivity index is 1.83. The van der Waals surface area contributed by atoms with E-state index in [1.165, 1.54) is 29.3 Å². The van der Waals surface area contributed by atoms with Crippen molar-refractivity contribution in [1.29, 1.82) is 0 Å². The first-order valence-corrected chi connectivity index (χ1v) is 7.99. The van der Waals surface area contributed by atoms with Crippen molar-refractivity contribution in [3.8, 4) is 11.1 Å². The minimum absolute atomic E-state index is 0.101. The van der Waals surface area contributed by atoms with Crippen LogP contribution >= 0.6 is 0 Å². The fourth-order valence-corrected chi connectivity index (χ4v) is 2.70. The predicted molar refractivity (Wildman–Crippen MR) is 94.4 cm³/mol. The fraction of sp³-hybridized carbons (Fsp3) is 0.235. The van der Waals surface area contributed by atoms with Crippen molar-refractivity contribution in [2.75, 3.05) is 11.4 Å². The molecule has 2 atom stereocenters. The number of hydrogen-bond donors (Lipinski definition) is 1. The lowest BCUT2D eigenvalue weighted by molar-refractivity contribution is -0.123. The first-order chi connectivity index (χ1) is 12.9. The van der Waals surface area contributed by atoms with Crippen molar-refractivity contribution in [2.24, 2.45) is 16.8 Å². The number of halogens is 1. The number of amides is 2. The summed E-state index contributed by atoms with van der Waals surface area (Å²) in [6.07, 6.45) is 0.0346. The molecule has 0 radical (unpaired) electrons. The molecule has 0 spiro atoms. The van der Waals surface area contributed by atoms with Crippen molar-refractivity contribution < 1.29 is 18.7 Å². The molecule has 1 aromatic heterocycles. The Kier molecular flexibility index (Phi) is 4.91. The molecule has 1 aliphatic rings. The van der Waals surface area contributed by atoms with Gasteiger partial charge in [-0.05, 0) is 41.8 Å². The molecule has 2 aromatic rings. The topological polar surface area (TPSA) is 134 Å². The van der Waals surface area contributed by atoms with Crippen molar-refractivity contribution in [3.05, 3.63) is 52.8 Å². The zero-order valence-electron chi connectivity index (χ0n) is 14.2. The molecule has 2 N–H and O–H groups in total. The Hall–Kier alpha value is -3.65. The molecule has 138 valence electrons. The van der Waals surface area contributed by atoms with E-state index in [1.54, 1.807) is 19.1 Å². The first-order valence-electron chi connectivity index (χ1n) is 7.99. The molecule has 2 amide bonds. The lowest BCUT2D eigenvalue weighted by Gasteiger charge is -2.15. The van der Waals surface area contributed by atoms with E-state index in [4.69, 9.17) is 16.0 Å². The smallest absolute Gasteiger partial charge is 0.414 e. The van der Waals surface area contributed by atoms with Gasteiger partial charge in [-0.2, -0.15) is 0 Å². The quantitative estimate of drug-likeness (QED) is 0.491. The van der Waals surface area contributed by atoms with Gasteiger partial charge in [-0.25, -0.2) is 9.18 Å². The minimum atomic E-state index is -0.685. The van der Waals surface area contributed by atoms with E-state index in [1.807, 2.05) is 0 Å². The van der Waals surface area contributed by atoms with Gasteiger partial charge in [-0.15, -0.1) is 0 Å². The highest BCUT2D eigenvalue weighted by atomic mass is 19.1. The van der Waals surface area contributed by atoms with Crippen molar-refractivity contribution in [2.45, 2.75) is 13.0 Å². The third-order valence-corrected chi connectivity index (χ3v) is 4.31. The number of pyridine rings is 1. The first kappa shape index (κ1) is 18.2. The highest BCUT2D eigenvalue weighted by Gasteiger charge is 2.37. The summed E-state index contributed by atoms with van der Waals surface area (Å²) < 4.78 is 19.7. The van der Waals surface area contributed by atoms with E-state index >= 15 is 0 Å². The number of carbonyl (C=O) groups excluding carboxylic acids is 2. The summed E-state index contributed by atoms with van der Waals surface area (Å²) in [6, 6.07) is 7.32. The molecule has 3 rings (SSSR count). The van der Waals surface area contributed by atoms with Crippen LogP contribution in [0.2, 0.25) is 0 Å². The monoisotopic (exact) mass is 370 g/mol. The van der Waals surface area contributed by atoms with Crippen LogP contribution in [0.5, 0.6) is 0 Å². The number of cyclic esters (lactones) is 1. The summed E-state index contributed by atoms with van der Waals surface area (Å²) in [5, 5.41) is 3.36. The van der Waals surface area contributed by atoms with E-state index in [0.29, 0.717) is 11.3 Å². The lowest BCUT2D eigenvalue weighted by atomic mass is 10.0. The lowest BCUT2D eigenvalue weighted by Crippen LogP contribution is -2.34. The maximum Gasteiger partial charge on any atom is 0.414 e. The summed E-state index contributed by atoms with van der Waals surface area (Å²) >= 11 is 0. The molecular weight excluding hydrogens is 355 g/mol. The van der Waals surface area contributed by atoms with Gasteiger partial charge >= 0.3 is 6.09 Å². The number of rotatable bonds is 5. The number of aromatic nitrogens is 1. The van der Waals surface area contributed by atoms with Crippen LogP contribution in [0.1, 0.15) is 6.92 Å². The zero-order valence-corrected chi connectivity index (χ0v) is 14.2. The van der Waals surface area contributed by atoms with Gasteiger partial charge in [-0.3, -0.25) is 14.7 Å². The predicted octanol–water partition coefficient (Wildman–Crippen LogP) is 3.28. The summed E-state index contributed by atoms with van der Waals surface area (Å²) in [5.74, 6) is -1.62. The van der Waals surface area contributed by atoms with Gasteiger partial charge in [0, 0.05) is 22.2 Å². The average molecular weight is 370 g/mol. The van der Waals surface area contributed by atoms with Crippen LogP contribution in [0.25, 0.3) is 21.6 Å². The van der Waals surface area contributed by atoms with E-state index in [9.17, 15) is 14.0 Å². The minimum Gasteiger partial charge on any atom is -0.443 e. The zero-order chi connectivity index (χ0) is 19.6. The van der Waals surface area contributed by atoms with Crippen molar-refractivity contribution in [1.82, 2.24) is 4.98 Å². The second-order valence-electron chi connectivity index (χ2n) is 5.98. The van der Waals surface area contributed by atoms with Crippen LogP contribution < -0.4 is 10.6 Å². The van der Waals surface area contributed by atoms with Crippen LogP contribution in [0.3, 0.4) is 0 Å². The molecular formula is C17H15FN6O3. The van der Waals surface area contributed by atoms with E-state index < -0.39 is 29.8 Å². The van der Waals surface area contributed by atoms with Gasteiger partial charge in [0.15, 0.2) is 0 Å². The Morgan fingerprint density at radius 3 is 2.85 bits per heavy atom. The highest BCUT2D eigenvalue weighted by Crippen LogP contribution is 2.30. The van der Waals surface area contributed by atoms with Crippen LogP contribution in [0.15, 0.2) is 41.6 Å². The van der Waals surface area contributed by atoms with Gasteiger partial charge < -0.3 is 10.5 Å². The second-order valence-corrected chi connectivity index (χ2v) is 5.98. The third-order valence-electron chi connectivity index (χ3n) is 4.31. The largest absolute Gasteiger partial charge is 0.443 e. The summed E-state index contributed by atoms with van der Waals surface area (Å²) in [6.45, 7) is 1.67. The second kappa shape index (κ2) is 7.30. The van der Waals surface area contributed by atoms with Crippen LogP contribution in [0, 0.1) is 11.7 Å². The molecule has 1 aliphatic heterocycles. The Labute approximate surface area is 153 Å². The Bertz CT molecular complexity index is 942. The number of hydrogen-bond acceptors (Lipinski definition) is 5. The maximum atomic E-state index is 14.6. The fourth-order valence-electron chi connectivity index (χ4n) is 2.70. The van der Waals surface area contributed by atoms with Gasteiger partial charge in [0.1, 0.15) is 17.7 Å². The number of nitrogens with two attached hydrogens (primary N) is 1. The molecule has 1 aromatic carbocycles. The molecule has 1 saturated heterocycles. The van der Waals surface area contributed by atoms with Gasteiger partial charge in [0.05, 0.1) is 18.2 Å². The molecule has 10 heteroatoms. The number of anilines is 1. The Morgan fingerprint density at radius 1 is 1.48 bits per heavy atom. The van der Waals surface area contributed by atoms with Gasteiger partial charge in [-0.1, -0.05) is 6.07 Å². The highest BCUT2D eigenvalue weighted by molar-refractivity contribution is 5.91. The number of azide groups is 1. The number of benzene rings is 1. The van der Waals surface area contributed by atoms with Crippen molar-refractivity contribution in [3.63, 3.8) is 0 Å². The third kappa shape index (κ3) is 3.65. The van der Waals surface area contributed by atoms with Gasteiger partial charge in [0.2, 0.25) is 5.91 Å². The van der Waals surface area contributed by atoms with E-state index in [0.717, 1.165) is 0 Å². The summed E-state index contributed by atoms with van der Waals surface area (Å²) in [5.41, 5.74) is 14.7. The molecule has 2 heterocycles. The van der Waals surface area contributed by atoms with E-state index in [-0.39, 0.29) is 17.9 Å². The standard InChI is InChI=1S/C17H15FN6O3/c1-9(16(19)25)14-8-24(17(26)27-14)11-3-4-12(13(18)6-11)10-2-5-15(21-7-10)22-23-20/h2-7,9,14H,8H2,1H3,(H2,19,25)/t9-,14?/m0/s1. The van der Waals surface area contributed by atoms with Gasteiger partial charge in [0.25, 0.3) is 0 Å². The molecule has 9 nitrogen and oxygen atoms in total. The molecule has 1 fully saturated rings. The summed E-state index contributed by atoms with van der Waals surface area (Å²) in [7, 11) is 0. The van der Waals surface area contributed by atoms with Crippen LogP contribution in [-0.2, 0) is 9.53 Å². The van der Waals surface area contributed by atoms with E-state index in [2.05, 4.69) is 15.0 Å². The molecule has 1 unspecified atom stereocenters. The number of nitrogens with zero attached hydrogens (tertiary/aromatic N) is 5. The number of carbonyl (C=O) groups is 2. The Morgan fingerprint density at radius 2 is 2.26 bits per heavy atom. The number of primary amides is 1. The average Bonchev–Trinajstić information content (AvgIpc) is 3.03. The molecule has 27 heavy (non-hydrogen) atoms. The van der Waals surface area contributed by atoms with Crippen molar-refractivity contribution >= 4 is 23.5 Å². The molecule has 0 aliphatic carbocycles. The normalized spacial score (nSPS) is 17.2.